The van der Waals surface area contributed by atoms with Crippen LogP contribution in [0.4, 0.5) is 0 Å². The molecule has 1 N–H and O–H groups in total. The fraction of sp³-hybridized carbons (Fsp3) is 0.500. The van der Waals surface area contributed by atoms with Crippen molar-refractivity contribution in [2.45, 2.75) is 27.3 Å². The molecule has 0 bridgehead atoms. The van der Waals surface area contributed by atoms with E-state index in [4.69, 9.17) is 21.1 Å². The maximum absolute atomic E-state index is 5.68. The van der Waals surface area contributed by atoms with Crippen molar-refractivity contribution in [3.05, 3.63) is 34.9 Å². The van der Waals surface area contributed by atoms with Crippen molar-refractivity contribution in [3.8, 4) is 11.5 Å². The number of halogens is 1. The van der Waals surface area contributed by atoms with E-state index in [1.54, 1.807) is 7.11 Å². The monoisotopic (exact) mass is 297 g/mol. The molecular weight excluding hydrogens is 274 g/mol. The minimum Gasteiger partial charge on any atom is -0.493 e. The number of benzene rings is 1. The van der Waals surface area contributed by atoms with Crippen LogP contribution in [-0.2, 0) is 6.54 Å². The molecule has 20 heavy (non-hydrogen) atoms. The Morgan fingerprint density at radius 3 is 2.70 bits per heavy atom. The summed E-state index contributed by atoms with van der Waals surface area (Å²) in [7, 11) is 1.65. The molecule has 0 aliphatic rings. The molecule has 3 nitrogen and oxygen atoms in total. The van der Waals surface area contributed by atoms with E-state index in [-0.39, 0.29) is 0 Å². The van der Waals surface area contributed by atoms with Gasteiger partial charge < -0.3 is 14.8 Å². The molecule has 1 rings (SSSR count). The van der Waals surface area contributed by atoms with E-state index in [0.29, 0.717) is 12.5 Å². The zero-order valence-corrected chi connectivity index (χ0v) is 13.5. The molecule has 0 aliphatic heterocycles. The lowest BCUT2D eigenvalue weighted by molar-refractivity contribution is 0.319. The highest BCUT2D eigenvalue weighted by molar-refractivity contribution is 6.25. The van der Waals surface area contributed by atoms with Gasteiger partial charge in [0.05, 0.1) is 7.11 Å². The van der Waals surface area contributed by atoms with Crippen LogP contribution in [-0.4, -0.2) is 20.3 Å². The second-order valence-corrected chi connectivity index (χ2v) is 5.47. The minimum absolute atomic E-state index is 0.463. The van der Waals surface area contributed by atoms with Crippen LogP contribution in [0.5, 0.6) is 11.5 Å². The Bertz CT molecular complexity index is 444. The summed E-state index contributed by atoms with van der Waals surface area (Å²) in [6.45, 7) is 8.60. The minimum atomic E-state index is 0.463. The molecule has 0 radical (unpaired) electrons. The van der Waals surface area contributed by atoms with Gasteiger partial charge in [0.15, 0.2) is 11.5 Å². The van der Waals surface area contributed by atoms with E-state index in [0.717, 1.165) is 30.2 Å². The van der Waals surface area contributed by atoms with Gasteiger partial charge in [0, 0.05) is 12.1 Å². The van der Waals surface area contributed by atoms with Crippen molar-refractivity contribution >= 4 is 11.6 Å². The van der Waals surface area contributed by atoms with E-state index in [9.17, 15) is 0 Å². The van der Waals surface area contributed by atoms with E-state index in [1.165, 1.54) is 11.1 Å². The molecule has 112 valence electrons. The van der Waals surface area contributed by atoms with Crippen LogP contribution in [0, 0.1) is 5.92 Å². The number of rotatable bonds is 8. The van der Waals surface area contributed by atoms with Gasteiger partial charge in [0.25, 0.3) is 0 Å². The van der Waals surface area contributed by atoms with Crippen molar-refractivity contribution in [2.24, 2.45) is 5.92 Å². The predicted octanol–water partition coefficient (Wildman–Crippen LogP) is 3.96. The van der Waals surface area contributed by atoms with Gasteiger partial charge in [-0.25, -0.2) is 0 Å². The molecule has 0 spiro atoms. The summed E-state index contributed by atoms with van der Waals surface area (Å²) in [5, 5.41) is 3.41. The summed E-state index contributed by atoms with van der Waals surface area (Å²) in [6, 6.07) is 5.99. The molecule has 0 aliphatic carbocycles. The third-order valence-corrected chi connectivity index (χ3v) is 3.12. The first-order valence-corrected chi connectivity index (χ1v) is 7.26. The van der Waals surface area contributed by atoms with Crippen LogP contribution < -0.4 is 14.8 Å². The van der Waals surface area contributed by atoms with Gasteiger partial charge in [-0.15, -0.1) is 0 Å². The van der Waals surface area contributed by atoms with Crippen molar-refractivity contribution < 1.29 is 9.47 Å². The molecule has 0 fully saturated rings. The summed E-state index contributed by atoms with van der Waals surface area (Å²) in [6.07, 6.45) is 0. The highest BCUT2D eigenvalue weighted by Gasteiger charge is 2.06. The first-order valence-electron chi connectivity index (χ1n) is 6.83. The molecule has 0 unspecified atom stereocenters. The fourth-order valence-electron chi connectivity index (χ4n) is 1.67. The Balaban J connectivity index is 2.65. The van der Waals surface area contributed by atoms with Gasteiger partial charge in [-0.05, 0) is 42.7 Å². The molecule has 1 aromatic carbocycles. The number of hydrogen-bond donors (Lipinski definition) is 1. The third-order valence-electron chi connectivity index (χ3n) is 2.75. The smallest absolute Gasteiger partial charge is 0.161 e. The summed E-state index contributed by atoms with van der Waals surface area (Å²) >= 11 is 5.62. The van der Waals surface area contributed by atoms with Gasteiger partial charge >= 0.3 is 0 Å². The van der Waals surface area contributed by atoms with Gasteiger partial charge in [-0.3, -0.25) is 0 Å². The Kier molecular flexibility index (Phi) is 7.48. The van der Waals surface area contributed by atoms with Crippen LogP contribution in [0.3, 0.4) is 0 Å². The fourth-order valence-corrected chi connectivity index (χ4v) is 1.73. The van der Waals surface area contributed by atoms with Crippen molar-refractivity contribution in [2.75, 3.05) is 20.3 Å². The molecule has 0 saturated carbocycles. The number of nitrogens with one attached hydrogen (secondary N) is 1. The summed E-state index contributed by atoms with van der Waals surface area (Å²) < 4.78 is 11.1. The second-order valence-electron chi connectivity index (χ2n) is 5.25. The number of methoxy groups -OCH3 is 1. The molecule has 0 heterocycles. The largest absolute Gasteiger partial charge is 0.493 e. The average Bonchev–Trinajstić information content (AvgIpc) is 2.44. The van der Waals surface area contributed by atoms with Crippen molar-refractivity contribution in [3.63, 3.8) is 0 Å². The Labute approximate surface area is 126 Å². The Morgan fingerprint density at radius 2 is 2.10 bits per heavy atom. The maximum Gasteiger partial charge on any atom is 0.161 e. The molecule has 0 saturated heterocycles. The van der Waals surface area contributed by atoms with E-state index in [2.05, 4.69) is 19.2 Å². The summed E-state index contributed by atoms with van der Waals surface area (Å²) in [5.74, 6) is 2.12. The van der Waals surface area contributed by atoms with Gasteiger partial charge in [-0.2, -0.15) is 0 Å². The van der Waals surface area contributed by atoms with Crippen LogP contribution in [0.2, 0.25) is 0 Å². The molecular formula is C16H24ClNO2. The van der Waals surface area contributed by atoms with Crippen LogP contribution in [0.15, 0.2) is 29.3 Å². The maximum atomic E-state index is 5.68. The average molecular weight is 298 g/mol. The Morgan fingerprint density at radius 1 is 1.35 bits per heavy atom. The zero-order chi connectivity index (χ0) is 15.0. The quantitative estimate of drug-likeness (QED) is 0.788. The van der Waals surface area contributed by atoms with E-state index in [1.807, 2.05) is 25.1 Å². The zero-order valence-electron chi connectivity index (χ0n) is 12.7. The van der Waals surface area contributed by atoms with Crippen LogP contribution in [0.25, 0.3) is 0 Å². The standard InChI is InChI=1S/C16H24ClNO2/c1-12(2)9-18-10-14-5-6-15(16(7-14)19-4)20-11-13(3)8-17/h5-8,12,18H,9-11H2,1-4H3/b13-8+. The molecule has 4 heteroatoms. The van der Waals surface area contributed by atoms with E-state index >= 15 is 0 Å². The third kappa shape index (κ3) is 5.85. The normalized spacial score (nSPS) is 11.8. The lowest BCUT2D eigenvalue weighted by Gasteiger charge is -2.13. The van der Waals surface area contributed by atoms with E-state index < -0.39 is 0 Å². The summed E-state index contributed by atoms with van der Waals surface area (Å²) in [4.78, 5) is 0. The lowest BCUT2D eigenvalue weighted by Crippen LogP contribution is -2.18. The molecule has 0 atom stereocenters. The second kappa shape index (κ2) is 8.88. The van der Waals surface area contributed by atoms with Gasteiger partial charge in [0.2, 0.25) is 0 Å². The number of hydrogen-bond acceptors (Lipinski definition) is 3. The van der Waals surface area contributed by atoms with Crippen LogP contribution in [0.1, 0.15) is 26.3 Å². The summed E-state index contributed by atoms with van der Waals surface area (Å²) in [5.41, 5.74) is 3.67. The van der Waals surface area contributed by atoms with Crippen molar-refractivity contribution in [1.82, 2.24) is 5.32 Å². The topological polar surface area (TPSA) is 30.5 Å². The predicted molar refractivity (Wildman–Crippen MR) is 84.6 cm³/mol. The van der Waals surface area contributed by atoms with Gasteiger partial charge in [-0.1, -0.05) is 31.5 Å². The molecule has 0 aromatic heterocycles. The SMILES string of the molecule is COc1cc(CNCC(C)C)ccc1OC/C(C)=C/Cl. The lowest BCUT2D eigenvalue weighted by atomic mass is 10.2. The first-order chi connectivity index (χ1) is 9.56. The number of ether oxygens (including phenoxy) is 2. The highest BCUT2D eigenvalue weighted by Crippen LogP contribution is 2.28. The Hall–Kier alpha value is -1.19. The van der Waals surface area contributed by atoms with Crippen LogP contribution >= 0.6 is 11.6 Å². The van der Waals surface area contributed by atoms with Crippen molar-refractivity contribution in [1.29, 1.82) is 0 Å². The van der Waals surface area contributed by atoms with Gasteiger partial charge in [0.1, 0.15) is 6.61 Å². The molecule has 0 amide bonds. The first kappa shape index (κ1) is 16.9. The molecule has 1 aromatic rings. The highest BCUT2D eigenvalue weighted by atomic mass is 35.5.